The largest absolute Gasteiger partial charge is 0.496 e. The Labute approximate surface area is 171 Å². The van der Waals surface area contributed by atoms with Gasteiger partial charge in [-0.15, -0.1) is 0 Å². The van der Waals surface area contributed by atoms with Gasteiger partial charge < -0.3 is 24.3 Å². The van der Waals surface area contributed by atoms with Crippen molar-refractivity contribution >= 4 is 40.2 Å². The number of carbonyl (C=O) groups excluding carboxylic acids is 2. The number of anilines is 1. The van der Waals surface area contributed by atoms with Gasteiger partial charge in [0.25, 0.3) is 5.91 Å². The lowest BCUT2D eigenvalue weighted by molar-refractivity contribution is -0.119. The monoisotopic (exact) mass is 485 g/mol. The number of methoxy groups -OCH3 is 3. The molecule has 1 N–H and O–H groups in total. The molecule has 0 aromatic heterocycles. The zero-order valence-corrected chi connectivity index (χ0v) is 17.6. The van der Waals surface area contributed by atoms with Crippen LogP contribution in [0.4, 0.5) is 5.69 Å². The summed E-state index contributed by atoms with van der Waals surface area (Å²) in [5, 5.41) is 2.72. The van der Waals surface area contributed by atoms with Crippen molar-refractivity contribution in [2.45, 2.75) is 6.92 Å². The lowest BCUT2D eigenvalue weighted by Crippen LogP contribution is -2.21. The van der Waals surface area contributed by atoms with Crippen LogP contribution in [0.15, 0.2) is 30.3 Å². The second-order valence-corrected chi connectivity index (χ2v) is 6.74. The van der Waals surface area contributed by atoms with Crippen LogP contribution in [0.3, 0.4) is 0 Å². The van der Waals surface area contributed by atoms with E-state index >= 15 is 0 Å². The lowest BCUT2D eigenvalue weighted by atomic mass is 10.1. The average molecular weight is 485 g/mol. The first-order chi connectivity index (χ1) is 12.9. The molecule has 0 fully saturated rings. The van der Waals surface area contributed by atoms with E-state index in [2.05, 4.69) is 27.9 Å². The smallest absolute Gasteiger partial charge is 0.342 e. The minimum absolute atomic E-state index is 0.133. The number of halogens is 1. The number of rotatable bonds is 7. The molecule has 1 amide bonds. The Morgan fingerprint density at radius 1 is 0.963 bits per heavy atom. The van der Waals surface area contributed by atoms with Gasteiger partial charge in [0.15, 0.2) is 18.1 Å². The van der Waals surface area contributed by atoms with Crippen LogP contribution < -0.4 is 19.5 Å². The van der Waals surface area contributed by atoms with E-state index in [9.17, 15) is 9.59 Å². The van der Waals surface area contributed by atoms with Crippen LogP contribution in [0.1, 0.15) is 15.9 Å². The van der Waals surface area contributed by atoms with Crippen molar-refractivity contribution in [3.8, 4) is 17.2 Å². The summed E-state index contributed by atoms with van der Waals surface area (Å²) in [5.74, 6) is -0.122. The van der Waals surface area contributed by atoms with E-state index in [1.807, 2.05) is 19.1 Å². The molecule has 2 rings (SSSR count). The highest BCUT2D eigenvalue weighted by molar-refractivity contribution is 14.1. The van der Waals surface area contributed by atoms with E-state index in [-0.39, 0.29) is 11.3 Å². The van der Waals surface area contributed by atoms with Gasteiger partial charge >= 0.3 is 5.97 Å². The molecule has 0 aliphatic heterocycles. The van der Waals surface area contributed by atoms with E-state index in [4.69, 9.17) is 18.9 Å². The molecule has 0 bridgehead atoms. The van der Waals surface area contributed by atoms with Gasteiger partial charge in [0.2, 0.25) is 0 Å². The van der Waals surface area contributed by atoms with Crippen LogP contribution in [0.5, 0.6) is 17.2 Å². The first-order valence-corrected chi connectivity index (χ1v) is 9.00. The van der Waals surface area contributed by atoms with Crippen LogP contribution in [0, 0.1) is 10.5 Å². The summed E-state index contributed by atoms with van der Waals surface area (Å²) in [4.78, 5) is 24.5. The third-order valence-corrected chi connectivity index (χ3v) is 4.39. The summed E-state index contributed by atoms with van der Waals surface area (Å²) in [6.45, 7) is 1.46. The summed E-state index contributed by atoms with van der Waals surface area (Å²) in [6.07, 6.45) is 0. The zero-order valence-electron chi connectivity index (χ0n) is 15.4. The Hall–Kier alpha value is -2.49. The molecule has 0 saturated heterocycles. The minimum atomic E-state index is -0.706. The summed E-state index contributed by atoms with van der Waals surface area (Å²) in [5.41, 5.74) is 1.72. The van der Waals surface area contributed by atoms with Crippen LogP contribution >= 0.6 is 22.6 Å². The molecule has 0 spiro atoms. The fourth-order valence-corrected chi connectivity index (χ4v) is 3.00. The maximum absolute atomic E-state index is 12.4. The predicted molar refractivity (Wildman–Crippen MR) is 109 cm³/mol. The molecule has 0 radical (unpaired) electrons. The second kappa shape index (κ2) is 9.45. The van der Waals surface area contributed by atoms with E-state index < -0.39 is 18.5 Å². The standard InChI is InChI=1S/C19H20INO6/c1-11-7-12(20)5-6-14(11)21-18(22)10-27-19(23)13-8-16(25-3)17(26-4)9-15(13)24-2/h5-9H,10H2,1-4H3,(H,21,22). The van der Waals surface area contributed by atoms with Gasteiger partial charge in [0, 0.05) is 21.4 Å². The third kappa shape index (κ3) is 5.25. The number of esters is 1. The number of ether oxygens (including phenoxy) is 4. The van der Waals surface area contributed by atoms with Crippen molar-refractivity contribution in [2.24, 2.45) is 0 Å². The van der Waals surface area contributed by atoms with Crippen LogP contribution in [-0.2, 0) is 9.53 Å². The van der Waals surface area contributed by atoms with Crippen LogP contribution in [0.2, 0.25) is 0 Å². The van der Waals surface area contributed by atoms with E-state index in [1.54, 1.807) is 6.07 Å². The molecule has 144 valence electrons. The summed E-state index contributed by atoms with van der Waals surface area (Å²) in [7, 11) is 4.35. The van der Waals surface area contributed by atoms with E-state index in [1.165, 1.54) is 33.5 Å². The number of amides is 1. The molecule has 0 saturated carbocycles. The molecule has 2 aromatic carbocycles. The molecule has 0 atom stereocenters. The molecule has 7 nitrogen and oxygen atoms in total. The number of nitrogens with one attached hydrogen (secondary N) is 1. The van der Waals surface area contributed by atoms with Gasteiger partial charge in [-0.3, -0.25) is 4.79 Å². The highest BCUT2D eigenvalue weighted by Crippen LogP contribution is 2.34. The Morgan fingerprint density at radius 2 is 1.59 bits per heavy atom. The van der Waals surface area contributed by atoms with Crippen molar-refractivity contribution < 1.29 is 28.5 Å². The molecule has 27 heavy (non-hydrogen) atoms. The van der Waals surface area contributed by atoms with Crippen molar-refractivity contribution in [1.82, 2.24) is 0 Å². The van der Waals surface area contributed by atoms with E-state index in [0.717, 1.165) is 9.13 Å². The number of hydrogen-bond acceptors (Lipinski definition) is 6. The first kappa shape index (κ1) is 20.8. The highest BCUT2D eigenvalue weighted by Gasteiger charge is 2.20. The zero-order chi connectivity index (χ0) is 20.0. The number of aryl methyl sites for hydroxylation is 1. The number of carbonyl (C=O) groups is 2. The SMILES string of the molecule is COc1cc(OC)c(C(=O)OCC(=O)Nc2ccc(I)cc2C)cc1OC. The molecule has 0 aliphatic carbocycles. The average Bonchev–Trinajstić information content (AvgIpc) is 2.67. The van der Waals surface area contributed by atoms with Crippen molar-refractivity contribution in [2.75, 3.05) is 33.3 Å². The summed E-state index contributed by atoms with van der Waals surface area (Å²) in [6, 6.07) is 8.58. The fraction of sp³-hybridized carbons (Fsp3) is 0.263. The molecular formula is C19H20INO6. The van der Waals surface area contributed by atoms with Crippen molar-refractivity contribution in [3.05, 3.63) is 45.0 Å². The fourth-order valence-electron chi connectivity index (χ4n) is 2.35. The van der Waals surface area contributed by atoms with E-state index in [0.29, 0.717) is 17.2 Å². The Bertz CT molecular complexity index is 852. The van der Waals surface area contributed by atoms with Crippen molar-refractivity contribution in [1.29, 1.82) is 0 Å². The molecule has 0 aliphatic rings. The Kier molecular flexibility index (Phi) is 7.28. The highest BCUT2D eigenvalue weighted by atomic mass is 127. The Balaban J connectivity index is 2.07. The number of benzene rings is 2. The van der Waals surface area contributed by atoms with Gasteiger partial charge in [0.1, 0.15) is 11.3 Å². The normalized spacial score (nSPS) is 10.1. The van der Waals surface area contributed by atoms with Crippen LogP contribution in [0.25, 0.3) is 0 Å². The lowest BCUT2D eigenvalue weighted by Gasteiger charge is -2.14. The summed E-state index contributed by atoms with van der Waals surface area (Å²) >= 11 is 2.19. The quantitative estimate of drug-likeness (QED) is 0.478. The molecule has 2 aromatic rings. The van der Waals surface area contributed by atoms with Crippen molar-refractivity contribution in [3.63, 3.8) is 0 Å². The predicted octanol–water partition coefficient (Wildman–Crippen LogP) is 3.42. The molecule has 8 heteroatoms. The number of hydrogen-bond donors (Lipinski definition) is 1. The van der Waals surface area contributed by atoms with Gasteiger partial charge in [-0.05, 0) is 53.3 Å². The second-order valence-electron chi connectivity index (χ2n) is 5.49. The summed E-state index contributed by atoms with van der Waals surface area (Å²) < 4.78 is 21.7. The molecule has 0 unspecified atom stereocenters. The van der Waals surface area contributed by atoms with Gasteiger partial charge in [-0.1, -0.05) is 0 Å². The Morgan fingerprint density at radius 3 is 2.19 bits per heavy atom. The van der Waals surface area contributed by atoms with Gasteiger partial charge in [0.05, 0.1) is 21.3 Å². The third-order valence-electron chi connectivity index (χ3n) is 3.72. The van der Waals surface area contributed by atoms with Crippen LogP contribution in [-0.4, -0.2) is 39.8 Å². The molecule has 0 heterocycles. The first-order valence-electron chi connectivity index (χ1n) is 7.92. The maximum Gasteiger partial charge on any atom is 0.342 e. The minimum Gasteiger partial charge on any atom is -0.496 e. The van der Waals surface area contributed by atoms with Gasteiger partial charge in [-0.2, -0.15) is 0 Å². The maximum atomic E-state index is 12.4. The van der Waals surface area contributed by atoms with Gasteiger partial charge in [-0.25, -0.2) is 4.79 Å². The molecular weight excluding hydrogens is 465 g/mol. The topological polar surface area (TPSA) is 83.1 Å².